The number of hydrogen-bond donors (Lipinski definition) is 1. The van der Waals surface area contributed by atoms with Crippen molar-refractivity contribution in [2.24, 2.45) is 5.41 Å². The van der Waals surface area contributed by atoms with Crippen molar-refractivity contribution in [3.8, 4) is 17.2 Å². The molecule has 1 aliphatic carbocycles. The Morgan fingerprint density at radius 1 is 1.33 bits per heavy atom. The lowest BCUT2D eigenvalue weighted by molar-refractivity contribution is -0.138. The molecule has 0 bridgehead atoms. The standard InChI is InChI=1S/C13H14O5/c14-12(15)6-13(3-4-13)7-16-9-1-2-10-11(5-9)18-8-17-10/h1-2,5H,3-4,6-8H2,(H,14,15). The second-order valence-corrected chi connectivity index (χ2v) is 4.87. The lowest BCUT2D eigenvalue weighted by Crippen LogP contribution is -2.17. The van der Waals surface area contributed by atoms with Gasteiger partial charge in [-0.25, -0.2) is 0 Å². The number of carbonyl (C=O) groups is 1. The van der Waals surface area contributed by atoms with E-state index in [1.165, 1.54) is 0 Å². The van der Waals surface area contributed by atoms with Gasteiger partial charge in [-0.3, -0.25) is 4.79 Å². The lowest BCUT2D eigenvalue weighted by atomic mass is 10.0. The highest BCUT2D eigenvalue weighted by Gasteiger charge is 2.45. The minimum Gasteiger partial charge on any atom is -0.493 e. The van der Waals surface area contributed by atoms with Crippen LogP contribution in [0.2, 0.25) is 0 Å². The normalized spacial score (nSPS) is 18.4. The topological polar surface area (TPSA) is 65.0 Å². The number of carboxylic acids is 1. The van der Waals surface area contributed by atoms with E-state index in [9.17, 15) is 4.79 Å². The van der Waals surface area contributed by atoms with Crippen LogP contribution in [0.25, 0.3) is 0 Å². The predicted octanol–water partition coefficient (Wildman–Crippen LogP) is 2.05. The van der Waals surface area contributed by atoms with Crippen LogP contribution in [-0.2, 0) is 4.79 Å². The van der Waals surface area contributed by atoms with Crippen molar-refractivity contribution in [2.75, 3.05) is 13.4 Å². The van der Waals surface area contributed by atoms with Gasteiger partial charge < -0.3 is 19.3 Å². The van der Waals surface area contributed by atoms with Crippen LogP contribution in [-0.4, -0.2) is 24.5 Å². The van der Waals surface area contributed by atoms with E-state index in [1.807, 2.05) is 6.07 Å². The van der Waals surface area contributed by atoms with E-state index in [1.54, 1.807) is 12.1 Å². The van der Waals surface area contributed by atoms with Crippen LogP contribution in [0.15, 0.2) is 18.2 Å². The first-order valence-corrected chi connectivity index (χ1v) is 5.91. The molecule has 2 aliphatic rings. The Hall–Kier alpha value is -1.91. The monoisotopic (exact) mass is 250 g/mol. The van der Waals surface area contributed by atoms with Gasteiger partial charge in [-0.1, -0.05) is 0 Å². The Balaban J connectivity index is 1.62. The summed E-state index contributed by atoms with van der Waals surface area (Å²) < 4.78 is 16.1. The maximum atomic E-state index is 10.7. The minimum absolute atomic E-state index is 0.164. The number of hydrogen-bond acceptors (Lipinski definition) is 4. The molecule has 1 aromatic carbocycles. The van der Waals surface area contributed by atoms with E-state index in [-0.39, 0.29) is 18.6 Å². The maximum Gasteiger partial charge on any atom is 0.304 e. The van der Waals surface area contributed by atoms with Crippen LogP contribution in [0.5, 0.6) is 17.2 Å². The molecule has 0 radical (unpaired) electrons. The molecular formula is C13H14O5. The summed E-state index contributed by atoms with van der Waals surface area (Å²) in [5.74, 6) is 1.32. The zero-order valence-corrected chi connectivity index (χ0v) is 9.85. The van der Waals surface area contributed by atoms with Crippen molar-refractivity contribution in [1.29, 1.82) is 0 Å². The molecule has 1 aromatic rings. The van der Waals surface area contributed by atoms with E-state index in [0.29, 0.717) is 23.9 Å². The molecule has 0 aromatic heterocycles. The molecule has 96 valence electrons. The van der Waals surface area contributed by atoms with Gasteiger partial charge in [0.2, 0.25) is 6.79 Å². The van der Waals surface area contributed by atoms with Crippen molar-refractivity contribution in [2.45, 2.75) is 19.3 Å². The third-order valence-corrected chi connectivity index (χ3v) is 3.37. The van der Waals surface area contributed by atoms with Gasteiger partial charge >= 0.3 is 5.97 Å². The number of fused-ring (bicyclic) bond motifs is 1. The molecule has 0 amide bonds. The molecule has 1 N–H and O–H groups in total. The predicted molar refractivity (Wildman–Crippen MR) is 62.0 cm³/mol. The molecule has 1 heterocycles. The van der Waals surface area contributed by atoms with Crippen molar-refractivity contribution in [3.05, 3.63) is 18.2 Å². The number of aliphatic carboxylic acids is 1. The summed E-state index contributed by atoms with van der Waals surface area (Å²) in [5.41, 5.74) is -0.164. The highest BCUT2D eigenvalue weighted by molar-refractivity contribution is 5.68. The molecule has 1 fully saturated rings. The average molecular weight is 250 g/mol. The van der Waals surface area contributed by atoms with Gasteiger partial charge in [-0.2, -0.15) is 0 Å². The second kappa shape index (κ2) is 4.08. The van der Waals surface area contributed by atoms with Crippen LogP contribution >= 0.6 is 0 Å². The summed E-state index contributed by atoms with van der Waals surface area (Å²) in [6, 6.07) is 5.39. The van der Waals surface area contributed by atoms with Crippen LogP contribution in [0.1, 0.15) is 19.3 Å². The number of benzene rings is 1. The van der Waals surface area contributed by atoms with Crippen molar-refractivity contribution >= 4 is 5.97 Å². The molecule has 0 unspecified atom stereocenters. The highest BCUT2D eigenvalue weighted by atomic mass is 16.7. The van der Waals surface area contributed by atoms with Crippen LogP contribution in [0.3, 0.4) is 0 Å². The summed E-state index contributed by atoms with van der Waals surface area (Å²) in [5, 5.41) is 8.82. The third-order valence-electron chi connectivity index (χ3n) is 3.37. The molecule has 1 saturated carbocycles. The Morgan fingerprint density at radius 3 is 2.83 bits per heavy atom. The fraction of sp³-hybridized carbons (Fsp3) is 0.462. The SMILES string of the molecule is O=C(O)CC1(COc2ccc3c(c2)OCO3)CC1. The quantitative estimate of drug-likeness (QED) is 0.866. The van der Waals surface area contributed by atoms with Gasteiger partial charge in [0.25, 0.3) is 0 Å². The zero-order valence-electron chi connectivity index (χ0n) is 9.85. The van der Waals surface area contributed by atoms with Gasteiger partial charge in [0, 0.05) is 11.5 Å². The molecular weight excluding hydrogens is 236 g/mol. The molecule has 18 heavy (non-hydrogen) atoms. The van der Waals surface area contributed by atoms with Gasteiger partial charge in [-0.05, 0) is 25.0 Å². The Bertz CT molecular complexity index is 478. The van der Waals surface area contributed by atoms with Crippen LogP contribution in [0.4, 0.5) is 0 Å². The fourth-order valence-electron chi connectivity index (χ4n) is 2.07. The minimum atomic E-state index is -0.762. The summed E-state index contributed by atoms with van der Waals surface area (Å²) >= 11 is 0. The number of carboxylic acid groups (broad SMARTS) is 1. The van der Waals surface area contributed by atoms with Gasteiger partial charge in [0.05, 0.1) is 13.0 Å². The van der Waals surface area contributed by atoms with Crippen molar-refractivity contribution in [1.82, 2.24) is 0 Å². The lowest BCUT2D eigenvalue weighted by Gasteiger charge is -2.14. The molecule has 0 spiro atoms. The molecule has 5 nitrogen and oxygen atoms in total. The van der Waals surface area contributed by atoms with Crippen molar-refractivity contribution in [3.63, 3.8) is 0 Å². The second-order valence-electron chi connectivity index (χ2n) is 4.87. The van der Waals surface area contributed by atoms with E-state index < -0.39 is 5.97 Å². The van der Waals surface area contributed by atoms with E-state index in [2.05, 4.69) is 0 Å². The van der Waals surface area contributed by atoms with Crippen LogP contribution in [0, 0.1) is 5.41 Å². The Morgan fingerprint density at radius 2 is 2.11 bits per heavy atom. The smallest absolute Gasteiger partial charge is 0.304 e. The molecule has 1 aliphatic heterocycles. The average Bonchev–Trinajstić information content (AvgIpc) is 2.92. The fourth-order valence-corrected chi connectivity index (χ4v) is 2.07. The Labute approximate surface area is 104 Å². The number of rotatable bonds is 5. The Kier molecular flexibility index (Phi) is 2.54. The zero-order chi connectivity index (χ0) is 12.6. The summed E-state index contributed by atoms with van der Waals surface area (Å²) in [6.45, 7) is 0.681. The molecule has 5 heteroatoms. The van der Waals surface area contributed by atoms with Gasteiger partial charge in [0.1, 0.15) is 5.75 Å². The third kappa shape index (κ3) is 2.20. The van der Waals surface area contributed by atoms with E-state index >= 15 is 0 Å². The first kappa shape index (κ1) is 11.2. The maximum absolute atomic E-state index is 10.7. The molecule has 3 rings (SSSR count). The van der Waals surface area contributed by atoms with E-state index in [4.69, 9.17) is 19.3 Å². The highest BCUT2D eigenvalue weighted by Crippen LogP contribution is 2.49. The van der Waals surface area contributed by atoms with Gasteiger partial charge in [0.15, 0.2) is 11.5 Å². The summed E-state index contributed by atoms with van der Waals surface area (Å²) in [4.78, 5) is 10.7. The number of ether oxygens (including phenoxy) is 3. The summed E-state index contributed by atoms with van der Waals surface area (Å²) in [7, 11) is 0. The first-order valence-electron chi connectivity index (χ1n) is 5.91. The largest absolute Gasteiger partial charge is 0.493 e. The summed E-state index contributed by atoms with van der Waals surface area (Å²) in [6.07, 6.45) is 2.02. The van der Waals surface area contributed by atoms with Gasteiger partial charge in [-0.15, -0.1) is 0 Å². The molecule has 0 atom stereocenters. The first-order chi connectivity index (χ1) is 8.67. The molecule has 0 saturated heterocycles. The van der Waals surface area contributed by atoms with E-state index in [0.717, 1.165) is 12.8 Å². The van der Waals surface area contributed by atoms with Crippen molar-refractivity contribution < 1.29 is 24.1 Å². The van der Waals surface area contributed by atoms with Crippen LogP contribution < -0.4 is 14.2 Å².